The maximum atomic E-state index is 11.3. The van der Waals surface area contributed by atoms with Crippen LogP contribution in [0.5, 0.6) is 0 Å². The number of carbonyl (C=O) groups is 2. The predicted octanol–water partition coefficient (Wildman–Crippen LogP) is 0.218. The fourth-order valence-electron chi connectivity index (χ4n) is 1.88. The molecular formula is C10H17NO4. The molecule has 0 amide bonds. The monoisotopic (exact) mass is 215 g/mol. The van der Waals surface area contributed by atoms with Gasteiger partial charge in [0.05, 0.1) is 13.0 Å². The molecule has 0 spiro atoms. The summed E-state index contributed by atoms with van der Waals surface area (Å²) in [4.78, 5) is 22.1. The summed E-state index contributed by atoms with van der Waals surface area (Å²) >= 11 is 0. The molecule has 15 heavy (non-hydrogen) atoms. The second-order valence-corrected chi connectivity index (χ2v) is 3.84. The van der Waals surface area contributed by atoms with Crippen molar-refractivity contribution in [2.75, 3.05) is 7.11 Å². The summed E-state index contributed by atoms with van der Waals surface area (Å²) in [5.74, 6) is -0.806. The molecule has 0 aromatic rings. The first-order valence-corrected chi connectivity index (χ1v) is 5.05. The maximum Gasteiger partial charge on any atom is 0.308 e. The molecule has 3 atom stereocenters. The van der Waals surface area contributed by atoms with Gasteiger partial charge in [0.25, 0.3) is 0 Å². The standard InChI is InChI=1S/C10H17NO4/c1-6(12)15-9-5-7(10(13)14-2)3-4-8(9)11/h7-9H,3-5,11H2,1-2H3/t7-,8-,9-/m1/s1. The van der Waals surface area contributed by atoms with Crippen molar-refractivity contribution in [3.63, 3.8) is 0 Å². The molecule has 86 valence electrons. The molecule has 1 aliphatic rings. The van der Waals surface area contributed by atoms with Gasteiger partial charge in [-0.1, -0.05) is 0 Å². The van der Waals surface area contributed by atoms with Crippen molar-refractivity contribution in [2.24, 2.45) is 11.7 Å². The van der Waals surface area contributed by atoms with Crippen LogP contribution < -0.4 is 5.73 Å². The number of ether oxygens (including phenoxy) is 2. The molecule has 1 rings (SSSR count). The lowest BCUT2D eigenvalue weighted by atomic mass is 9.84. The molecule has 1 aliphatic carbocycles. The fourth-order valence-corrected chi connectivity index (χ4v) is 1.88. The molecule has 0 saturated heterocycles. The fraction of sp³-hybridized carbons (Fsp3) is 0.800. The third-order valence-electron chi connectivity index (χ3n) is 2.69. The lowest BCUT2D eigenvalue weighted by Gasteiger charge is -2.31. The minimum atomic E-state index is -0.361. The molecule has 0 aromatic heterocycles. The summed E-state index contributed by atoms with van der Waals surface area (Å²) in [6, 6.07) is -0.171. The Hall–Kier alpha value is -1.10. The summed E-state index contributed by atoms with van der Waals surface area (Å²) in [6.45, 7) is 1.34. The van der Waals surface area contributed by atoms with Crippen molar-refractivity contribution >= 4 is 11.9 Å². The number of methoxy groups -OCH3 is 1. The summed E-state index contributed by atoms with van der Waals surface area (Å²) in [6.07, 6.45) is 1.48. The molecule has 1 fully saturated rings. The number of carbonyl (C=O) groups excluding carboxylic acids is 2. The predicted molar refractivity (Wildman–Crippen MR) is 52.9 cm³/mol. The Kier molecular flexibility index (Phi) is 4.08. The van der Waals surface area contributed by atoms with Crippen LogP contribution in [0.2, 0.25) is 0 Å². The Labute approximate surface area is 88.9 Å². The molecule has 5 heteroatoms. The van der Waals surface area contributed by atoms with Gasteiger partial charge >= 0.3 is 11.9 Å². The van der Waals surface area contributed by atoms with Crippen molar-refractivity contribution in [3.05, 3.63) is 0 Å². The third kappa shape index (κ3) is 3.20. The smallest absolute Gasteiger partial charge is 0.308 e. The van der Waals surface area contributed by atoms with Crippen LogP contribution in [0.4, 0.5) is 0 Å². The average molecular weight is 215 g/mol. The highest BCUT2D eigenvalue weighted by molar-refractivity contribution is 5.72. The molecule has 0 aliphatic heterocycles. The summed E-state index contributed by atoms with van der Waals surface area (Å²) in [5, 5.41) is 0. The zero-order valence-corrected chi connectivity index (χ0v) is 9.06. The van der Waals surface area contributed by atoms with Gasteiger partial charge in [0.2, 0.25) is 0 Å². The molecule has 0 heterocycles. The number of rotatable bonds is 2. The van der Waals surface area contributed by atoms with Crippen molar-refractivity contribution in [1.82, 2.24) is 0 Å². The average Bonchev–Trinajstić information content (AvgIpc) is 2.19. The number of esters is 2. The van der Waals surface area contributed by atoms with Gasteiger partial charge in [0.1, 0.15) is 6.10 Å². The minimum absolute atomic E-state index is 0.171. The zero-order chi connectivity index (χ0) is 11.4. The topological polar surface area (TPSA) is 78.6 Å². The number of hydrogen-bond donors (Lipinski definition) is 1. The first kappa shape index (κ1) is 12.0. The van der Waals surface area contributed by atoms with Gasteiger partial charge in [-0.15, -0.1) is 0 Å². The van der Waals surface area contributed by atoms with E-state index in [1.807, 2.05) is 0 Å². The van der Waals surface area contributed by atoms with Crippen molar-refractivity contribution in [2.45, 2.75) is 38.3 Å². The van der Waals surface area contributed by atoms with Gasteiger partial charge < -0.3 is 15.2 Å². The highest BCUT2D eigenvalue weighted by Crippen LogP contribution is 2.26. The first-order valence-electron chi connectivity index (χ1n) is 5.05. The maximum absolute atomic E-state index is 11.3. The van der Waals surface area contributed by atoms with E-state index in [1.165, 1.54) is 14.0 Å². The minimum Gasteiger partial charge on any atom is -0.469 e. The molecular weight excluding hydrogens is 198 g/mol. The molecule has 2 N–H and O–H groups in total. The third-order valence-corrected chi connectivity index (χ3v) is 2.69. The molecule has 0 radical (unpaired) electrons. The molecule has 5 nitrogen and oxygen atoms in total. The second kappa shape index (κ2) is 5.11. The summed E-state index contributed by atoms with van der Waals surface area (Å²) < 4.78 is 9.71. The lowest BCUT2D eigenvalue weighted by Crippen LogP contribution is -2.44. The number of hydrogen-bond acceptors (Lipinski definition) is 5. The molecule has 0 bridgehead atoms. The van der Waals surface area contributed by atoms with Crippen LogP contribution in [0.3, 0.4) is 0 Å². The zero-order valence-electron chi connectivity index (χ0n) is 9.06. The van der Waals surface area contributed by atoms with Crippen LogP contribution in [0.25, 0.3) is 0 Å². The van der Waals surface area contributed by atoms with Gasteiger partial charge in [-0.25, -0.2) is 0 Å². The van der Waals surface area contributed by atoms with Crippen LogP contribution in [0, 0.1) is 5.92 Å². The summed E-state index contributed by atoms with van der Waals surface area (Å²) in [5.41, 5.74) is 5.80. The lowest BCUT2D eigenvalue weighted by molar-refractivity contribution is -0.156. The quantitative estimate of drug-likeness (QED) is 0.666. The highest BCUT2D eigenvalue weighted by atomic mass is 16.5. The van der Waals surface area contributed by atoms with Crippen LogP contribution in [0.1, 0.15) is 26.2 Å². The van der Waals surface area contributed by atoms with Crippen molar-refractivity contribution in [3.8, 4) is 0 Å². The van der Waals surface area contributed by atoms with Crippen LogP contribution >= 0.6 is 0 Å². The largest absolute Gasteiger partial charge is 0.469 e. The van der Waals surface area contributed by atoms with Gasteiger partial charge in [-0.2, -0.15) is 0 Å². The Morgan fingerprint density at radius 3 is 2.53 bits per heavy atom. The Morgan fingerprint density at radius 1 is 1.33 bits per heavy atom. The van der Waals surface area contributed by atoms with E-state index >= 15 is 0 Å². The summed E-state index contributed by atoms with van der Waals surface area (Å²) in [7, 11) is 1.36. The van der Waals surface area contributed by atoms with E-state index in [4.69, 9.17) is 10.5 Å². The Bertz CT molecular complexity index is 254. The van der Waals surface area contributed by atoms with Crippen LogP contribution in [0.15, 0.2) is 0 Å². The van der Waals surface area contributed by atoms with Crippen LogP contribution in [-0.4, -0.2) is 31.2 Å². The van der Waals surface area contributed by atoms with E-state index in [9.17, 15) is 9.59 Å². The van der Waals surface area contributed by atoms with Gasteiger partial charge in [-0.3, -0.25) is 9.59 Å². The van der Waals surface area contributed by atoms with E-state index < -0.39 is 0 Å². The highest BCUT2D eigenvalue weighted by Gasteiger charge is 2.34. The van der Waals surface area contributed by atoms with E-state index in [0.29, 0.717) is 19.3 Å². The normalized spacial score (nSPS) is 30.7. The van der Waals surface area contributed by atoms with Crippen LogP contribution in [-0.2, 0) is 19.1 Å². The van der Waals surface area contributed by atoms with E-state index in [1.54, 1.807) is 0 Å². The molecule has 1 saturated carbocycles. The van der Waals surface area contributed by atoms with Gasteiger partial charge in [0.15, 0.2) is 0 Å². The van der Waals surface area contributed by atoms with E-state index in [2.05, 4.69) is 4.74 Å². The van der Waals surface area contributed by atoms with Crippen molar-refractivity contribution < 1.29 is 19.1 Å². The van der Waals surface area contributed by atoms with Gasteiger partial charge in [-0.05, 0) is 19.3 Å². The van der Waals surface area contributed by atoms with Crippen molar-refractivity contribution in [1.29, 1.82) is 0 Å². The van der Waals surface area contributed by atoms with Gasteiger partial charge in [0, 0.05) is 13.0 Å². The van der Waals surface area contributed by atoms with E-state index in [0.717, 1.165) is 0 Å². The second-order valence-electron chi connectivity index (χ2n) is 3.84. The number of nitrogens with two attached hydrogens (primary N) is 1. The SMILES string of the molecule is COC(=O)[C@@H]1CC[C@@H](N)[C@H](OC(C)=O)C1. The first-order chi connectivity index (χ1) is 7.04. The Morgan fingerprint density at radius 2 is 2.00 bits per heavy atom. The molecule has 0 unspecified atom stereocenters. The van der Waals surface area contributed by atoms with E-state index in [-0.39, 0.29) is 30.0 Å². The Balaban J connectivity index is 2.55. The molecule has 0 aromatic carbocycles.